The number of nitrogens with zero attached hydrogens (tertiary/aromatic N) is 1. The van der Waals surface area contributed by atoms with Gasteiger partial charge in [0.1, 0.15) is 5.82 Å². The summed E-state index contributed by atoms with van der Waals surface area (Å²) in [4.78, 5) is 27.8. The summed E-state index contributed by atoms with van der Waals surface area (Å²) in [6.45, 7) is 3.96. The summed E-state index contributed by atoms with van der Waals surface area (Å²) in [6, 6.07) is 18.6. The molecule has 2 aromatic carbocycles. The Bertz CT molecular complexity index is 984. The molecule has 2 amide bonds. The second kappa shape index (κ2) is 8.81. The van der Waals surface area contributed by atoms with Gasteiger partial charge >= 0.3 is 0 Å². The Labute approximate surface area is 164 Å². The zero-order valence-corrected chi connectivity index (χ0v) is 15.8. The fraction of sp³-hybridized carbons (Fsp3) is 0.136. The number of pyridine rings is 1. The van der Waals surface area contributed by atoms with Gasteiger partial charge in [-0.25, -0.2) is 4.98 Å². The van der Waals surface area contributed by atoms with Crippen LogP contribution in [0.5, 0.6) is 0 Å². The number of benzene rings is 2. The number of carbonyl (C=O) groups excluding carboxylic acids is 2. The first-order chi connectivity index (χ1) is 13.5. The van der Waals surface area contributed by atoms with E-state index in [-0.39, 0.29) is 11.8 Å². The third kappa shape index (κ3) is 5.17. The van der Waals surface area contributed by atoms with Crippen LogP contribution in [0.3, 0.4) is 0 Å². The minimum absolute atomic E-state index is 0.119. The summed E-state index contributed by atoms with van der Waals surface area (Å²) in [5, 5.41) is 8.81. The van der Waals surface area contributed by atoms with Crippen LogP contribution in [0.15, 0.2) is 66.9 Å². The Morgan fingerprint density at radius 2 is 1.68 bits per heavy atom. The molecule has 0 fully saturated rings. The Balaban J connectivity index is 1.64. The SMILES string of the molecule is CC(=O)Nc1ccc(Nc2cc(C(=O)NCc3ccccc3C)ccn2)cc1. The zero-order valence-electron chi connectivity index (χ0n) is 15.8. The van der Waals surface area contributed by atoms with Crippen LogP contribution >= 0.6 is 0 Å². The van der Waals surface area contributed by atoms with Crippen LogP contribution in [0.2, 0.25) is 0 Å². The van der Waals surface area contributed by atoms with Gasteiger partial charge < -0.3 is 16.0 Å². The van der Waals surface area contributed by atoms with Gasteiger partial charge in [0.15, 0.2) is 0 Å². The topological polar surface area (TPSA) is 83.1 Å². The molecule has 0 saturated heterocycles. The average Bonchev–Trinajstić information content (AvgIpc) is 2.68. The first-order valence-electron chi connectivity index (χ1n) is 8.95. The highest BCUT2D eigenvalue weighted by Gasteiger charge is 2.08. The fourth-order valence-electron chi connectivity index (χ4n) is 2.71. The molecule has 3 rings (SSSR count). The lowest BCUT2D eigenvalue weighted by Gasteiger charge is -2.10. The molecule has 142 valence electrons. The van der Waals surface area contributed by atoms with E-state index in [0.717, 1.165) is 22.5 Å². The maximum atomic E-state index is 12.5. The van der Waals surface area contributed by atoms with Gasteiger partial charge in [-0.3, -0.25) is 9.59 Å². The maximum Gasteiger partial charge on any atom is 0.251 e. The van der Waals surface area contributed by atoms with Gasteiger partial charge in [0, 0.05) is 36.6 Å². The normalized spacial score (nSPS) is 10.2. The van der Waals surface area contributed by atoms with E-state index in [1.165, 1.54) is 6.92 Å². The van der Waals surface area contributed by atoms with Crippen molar-refractivity contribution >= 4 is 29.0 Å². The summed E-state index contributed by atoms with van der Waals surface area (Å²) in [7, 11) is 0. The Morgan fingerprint density at radius 3 is 2.39 bits per heavy atom. The number of aryl methyl sites for hydroxylation is 1. The van der Waals surface area contributed by atoms with E-state index in [4.69, 9.17) is 0 Å². The first kappa shape index (κ1) is 19.1. The Hall–Kier alpha value is -3.67. The minimum Gasteiger partial charge on any atom is -0.348 e. The summed E-state index contributed by atoms with van der Waals surface area (Å²) in [5.41, 5.74) is 4.28. The molecular weight excluding hydrogens is 352 g/mol. The summed E-state index contributed by atoms with van der Waals surface area (Å²) in [6.07, 6.45) is 1.59. The van der Waals surface area contributed by atoms with Gasteiger partial charge in [0.2, 0.25) is 5.91 Å². The molecule has 6 nitrogen and oxygen atoms in total. The van der Waals surface area contributed by atoms with Crippen molar-refractivity contribution in [1.29, 1.82) is 0 Å². The van der Waals surface area contributed by atoms with Crippen LogP contribution in [-0.4, -0.2) is 16.8 Å². The number of anilines is 3. The molecule has 0 saturated carbocycles. The molecule has 3 aromatic rings. The number of hydrogen-bond acceptors (Lipinski definition) is 4. The summed E-state index contributed by atoms with van der Waals surface area (Å²) in [5.74, 6) is 0.289. The number of aromatic nitrogens is 1. The molecular formula is C22H22N4O2. The zero-order chi connectivity index (χ0) is 19.9. The van der Waals surface area contributed by atoms with Crippen LogP contribution in [0.25, 0.3) is 0 Å². The molecule has 0 bridgehead atoms. The Kier molecular flexibility index (Phi) is 6.01. The lowest BCUT2D eigenvalue weighted by molar-refractivity contribution is -0.114. The molecule has 1 heterocycles. The monoisotopic (exact) mass is 374 g/mol. The molecule has 0 radical (unpaired) electrons. The third-order valence-corrected chi connectivity index (χ3v) is 4.20. The predicted octanol–water partition coefficient (Wildman–Crippen LogP) is 4.02. The molecule has 0 aliphatic rings. The number of hydrogen-bond donors (Lipinski definition) is 3. The molecule has 6 heteroatoms. The first-order valence-corrected chi connectivity index (χ1v) is 8.95. The van der Waals surface area contributed by atoms with Gasteiger partial charge in [-0.05, 0) is 54.4 Å². The van der Waals surface area contributed by atoms with Gasteiger partial charge in [-0.1, -0.05) is 24.3 Å². The molecule has 0 spiro atoms. The van der Waals surface area contributed by atoms with E-state index in [9.17, 15) is 9.59 Å². The van der Waals surface area contributed by atoms with Crippen LogP contribution in [0.4, 0.5) is 17.2 Å². The molecule has 0 aliphatic heterocycles. The molecule has 0 atom stereocenters. The van der Waals surface area contributed by atoms with Crippen molar-refractivity contribution in [1.82, 2.24) is 10.3 Å². The summed E-state index contributed by atoms with van der Waals surface area (Å²) < 4.78 is 0. The van der Waals surface area contributed by atoms with Gasteiger partial charge in [-0.15, -0.1) is 0 Å². The van der Waals surface area contributed by atoms with Crippen molar-refractivity contribution in [3.8, 4) is 0 Å². The molecule has 0 unspecified atom stereocenters. The molecule has 1 aromatic heterocycles. The van der Waals surface area contributed by atoms with E-state index in [2.05, 4.69) is 20.9 Å². The van der Waals surface area contributed by atoms with Crippen molar-refractivity contribution in [3.05, 3.63) is 83.6 Å². The highest BCUT2D eigenvalue weighted by Crippen LogP contribution is 2.18. The average molecular weight is 374 g/mol. The maximum absolute atomic E-state index is 12.5. The van der Waals surface area contributed by atoms with E-state index in [1.54, 1.807) is 30.5 Å². The van der Waals surface area contributed by atoms with Crippen LogP contribution in [0, 0.1) is 6.92 Å². The second-order valence-electron chi connectivity index (χ2n) is 6.42. The summed E-state index contributed by atoms with van der Waals surface area (Å²) >= 11 is 0. The van der Waals surface area contributed by atoms with Gasteiger partial charge in [0.25, 0.3) is 5.91 Å². The third-order valence-electron chi connectivity index (χ3n) is 4.20. The molecule has 28 heavy (non-hydrogen) atoms. The van der Waals surface area contributed by atoms with Crippen molar-refractivity contribution in [2.24, 2.45) is 0 Å². The van der Waals surface area contributed by atoms with Crippen molar-refractivity contribution in [2.75, 3.05) is 10.6 Å². The van der Waals surface area contributed by atoms with E-state index in [1.807, 2.05) is 43.3 Å². The largest absolute Gasteiger partial charge is 0.348 e. The smallest absolute Gasteiger partial charge is 0.251 e. The van der Waals surface area contributed by atoms with E-state index >= 15 is 0 Å². The molecule has 3 N–H and O–H groups in total. The highest BCUT2D eigenvalue weighted by atomic mass is 16.2. The molecule has 0 aliphatic carbocycles. The van der Waals surface area contributed by atoms with Crippen LogP contribution in [0.1, 0.15) is 28.4 Å². The number of amides is 2. The van der Waals surface area contributed by atoms with E-state index < -0.39 is 0 Å². The van der Waals surface area contributed by atoms with Crippen molar-refractivity contribution in [2.45, 2.75) is 20.4 Å². The standard InChI is InChI=1S/C22H22N4O2/c1-15-5-3-4-6-18(15)14-24-22(28)17-11-12-23-21(13-17)26-20-9-7-19(8-10-20)25-16(2)27/h3-13H,14H2,1-2H3,(H,23,26)(H,24,28)(H,25,27). The fourth-order valence-corrected chi connectivity index (χ4v) is 2.71. The number of carbonyl (C=O) groups is 2. The quantitative estimate of drug-likeness (QED) is 0.608. The van der Waals surface area contributed by atoms with Crippen molar-refractivity contribution < 1.29 is 9.59 Å². The van der Waals surface area contributed by atoms with Crippen LogP contribution < -0.4 is 16.0 Å². The van der Waals surface area contributed by atoms with Crippen LogP contribution in [-0.2, 0) is 11.3 Å². The Morgan fingerprint density at radius 1 is 0.964 bits per heavy atom. The van der Waals surface area contributed by atoms with Gasteiger partial charge in [-0.2, -0.15) is 0 Å². The van der Waals surface area contributed by atoms with Crippen molar-refractivity contribution in [3.63, 3.8) is 0 Å². The minimum atomic E-state index is -0.158. The number of nitrogens with one attached hydrogen (secondary N) is 3. The van der Waals surface area contributed by atoms with E-state index in [0.29, 0.717) is 17.9 Å². The lowest BCUT2D eigenvalue weighted by atomic mass is 10.1. The predicted molar refractivity (Wildman–Crippen MR) is 111 cm³/mol. The lowest BCUT2D eigenvalue weighted by Crippen LogP contribution is -2.23. The highest BCUT2D eigenvalue weighted by molar-refractivity contribution is 5.95. The van der Waals surface area contributed by atoms with Gasteiger partial charge in [0.05, 0.1) is 0 Å². The second-order valence-corrected chi connectivity index (χ2v) is 6.42. The number of rotatable bonds is 6.